The van der Waals surface area contributed by atoms with Crippen LogP contribution < -0.4 is 11.1 Å². The zero-order valence-electron chi connectivity index (χ0n) is 10.9. The highest BCUT2D eigenvalue weighted by molar-refractivity contribution is 9.10. The molecule has 0 aliphatic rings. The maximum atomic E-state index is 13.3. The van der Waals surface area contributed by atoms with Crippen LogP contribution in [0.1, 0.15) is 17.2 Å². The Morgan fingerprint density at radius 1 is 1.30 bits per heavy atom. The van der Waals surface area contributed by atoms with Crippen molar-refractivity contribution in [2.24, 2.45) is 5.73 Å². The number of benzene rings is 2. The second-order valence-corrected chi connectivity index (χ2v) is 5.38. The predicted octanol–water partition coefficient (Wildman–Crippen LogP) is 3.54. The lowest BCUT2D eigenvalue weighted by molar-refractivity contribution is -0.118. The monoisotopic (exact) mass is 336 g/mol. The summed E-state index contributed by atoms with van der Waals surface area (Å²) in [6.45, 7) is 1.96. The fourth-order valence-corrected chi connectivity index (χ4v) is 2.31. The molecule has 2 rings (SSSR count). The van der Waals surface area contributed by atoms with Crippen LogP contribution in [0.4, 0.5) is 10.1 Å². The third-order valence-electron chi connectivity index (χ3n) is 2.89. The van der Waals surface area contributed by atoms with E-state index in [-0.39, 0.29) is 5.82 Å². The molecule has 104 valence electrons. The standard InChI is InChI=1S/C15H14BrFN2O/c1-9-3-2-4-11(7-9)19-14(15(18)20)10-5-6-13(17)12(16)8-10/h2-8,14,19H,1H3,(H2,18,20). The minimum Gasteiger partial charge on any atom is -0.370 e. The van der Waals surface area contributed by atoms with Crippen LogP contribution in [0.5, 0.6) is 0 Å². The summed E-state index contributed by atoms with van der Waals surface area (Å²) in [5.41, 5.74) is 7.89. The number of rotatable bonds is 4. The minimum atomic E-state index is -0.714. The number of amides is 1. The van der Waals surface area contributed by atoms with Crippen molar-refractivity contribution < 1.29 is 9.18 Å². The largest absolute Gasteiger partial charge is 0.370 e. The molecule has 1 unspecified atom stereocenters. The number of nitrogens with one attached hydrogen (secondary N) is 1. The fourth-order valence-electron chi connectivity index (χ4n) is 1.91. The zero-order valence-corrected chi connectivity index (χ0v) is 12.4. The van der Waals surface area contributed by atoms with Crippen molar-refractivity contribution in [3.8, 4) is 0 Å². The van der Waals surface area contributed by atoms with Crippen LogP contribution >= 0.6 is 15.9 Å². The first kappa shape index (κ1) is 14.5. The highest BCUT2D eigenvalue weighted by atomic mass is 79.9. The van der Waals surface area contributed by atoms with E-state index in [1.807, 2.05) is 31.2 Å². The van der Waals surface area contributed by atoms with Gasteiger partial charge in [0.05, 0.1) is 4.47 Å². The van der Waals surface area contributed by atoms with E-state index in [0.29, 0.717) is 10.0 Å². The quantitative estimate of drug-likeness (QED) is 0.897. The first-order valence-electron chi connectivity index (χ1n) is 6.05. The van der Waals surface area contributed by atoms with Crippen LogP contribution in [0, 0.1) is 12.7 Å². The van der Waals surface area contributed by atoms with E-state index in [9.17, 15) is 9.18 Å². The molecule has 3 N–H and O–H groups in total. The number of nitrogens with two attached hydrogens (primary N) is 1. The van der Waals surface area contributed by atoms with Gasteiger partial charge in [0.15, 0.2) is 0 Å². The number of primary amides is 1. The van der Waals surface area contributed by atoms with Gasteiger partial charge in [-0.15, -0.1) is 0 Å². The average molecular weight is 337 g/mol. The van der Waals surface area contributed by atoms with Crippen molar-refractivity contribution in [1.29, 1.82) is 0 Å². The molecule has 1 atom stereocenters. The van der Waals surface area contributed by atoms with Crippen LogP contribution in [-0.2, 0) is 4.79 Å². The second-order valence-electron chi connectivity index (χ2n) is 4.52. The fraction of sp³-hybridized carbons (Fsp3) is 0.133. The Labute approximate surface area is 125 Å². The molecule has 0 saturated heterocycles. The summed E-state index contributed by atoms with van der Waals surface area (Å²) in [4.78, 5) is 11.6. The third kappa shape index (κ3) is 3.36. The van der Waals surface area contributed by atoms with Crippen molar-refractivity contribution in [2.45, 2.75) is 13.0 Å². The zero-order chi connectivity index (χ0) is 14.7. The molecule has 20 heavy (non-hydrogen) atoms. The van der Waals surface area contributed by atoms with Gasteiger partial charge < -0.3 is 11.1 Å². The Morgan fingerprint density at radius 2 is 2.05 bits per heavy atom. The van der Waals surface area contributed by atoms with Crippen LogP contribution in [0.25, 0.3) is 0 Å². The van der Waals surface area contributed by atoms with Crippen LogP contribution in [0.15, 0.2) is 46.9 Å². The molecular weight excluding hydrogens is 323 g/mol. The van der Waals surface area contributed by atoms with Crippen molar-refractivity contribution >= 4 is 27.5 Å². The van der Waals surface area contributed by atoms with Crippen molar-refractivity contribution in [3.05, 3.63) is 63.9 Å². The molecule has 0 aliphatic carbocycles. The molecule has 0 aromatic heterocycles. The normalized spacial score (nSPS) is 11.9. The Morgan fingerprint density at radius 3 is 2.65 bits per heavy atom. The smallest absolute Gasteiger partial charge is 0.244 e. The Bertz CT molecular complexity index is 646. The highest BCUT2D eigenvalue weighted by Gasteiger charge is 2.18. The number of carbonyl (C=O) groups is 1. The molecule has 0 radical (unpaired) electrons. The van der Waals surface area contributed by atoms with E-state index in [0.717, 1.165) is 11.3 Å². The molecule has 2 aromatic rings. The summed E-state index contributed by atoms with van der Waals surface area (Å²) in [7, 11) is 0. The average Bonchev–Trinajstić information content (AvgIpc) is 2.39. The molecule has 0 bridgehead atoms. The number of aryl methyl sites for hydroxylation is 1. The van der Waals surface area contributed by atoms with Gasteiger partial charge in [-0.1, -0.05) is 18.2 Å². The summed E-state index contributed by atoms with van der Waals surface area (Å²) in [5.74, 6) is -0.905. The lowest BCUT2D eigenvalue weighted by Crippen LogP contribution is -2.27. The number of hydrogen-bond donors (Lipinski definition) is 2. The minimum absolute atomic E-state index is 0.298. The Kier molecular flexibility index (Phi) is 4.39. The van der Waals surface area contributed by atoms with E-state index in [2.05, 4.69) is 21.2 Å². The first-order valence-corrected chi connectivity index (χ1v) is 6.84. The Balaban J connectivity index is 2.32. The van der Waals surface area contributed by atoms with Crippen LogP contribution in [0.2, 0.25) is 0 Å². The van der Waals surface area contributed by atoms with Gasteiger partial charge in [-0.05, 0) is 58.2 Å². The summed E-state index contributed by atoms with van der Waals surface area (Å²) in [6.07, 6.45) is 0. The number of anilines is 1. The summed E-state index contributed by atoms with van der Waals surface area (Å²) in [5, 5.41) is 3.06. The molecule has 0 spiro atoms. The topological polar surface area (TPSA) is 55.1 Å². The van der Waals surface area contributed by atoms with Gasteiger partial charge in [-0.2, -0.15) is 0 Å². The van der Waals surface area contributed by atoms with Crippen molar-refractivity contribution in [3.63, 3.8) is 0 Å². The molecule has 0 saturated carbocycles. The van der Waals surface area contributed by atoms with Crippen molar-refractivity contribution in [2.75, 3.05) is 5.32 Å². The van der Waals surface area contributed by atoms with Gasteiger partial charge in [0.2, 0.25) is 5.91 Å². The summed E-state index contributed by atoms with van der Waals surface area (Å²) < 4.78 is 13.6. The molecule has 0 aliphatic heterocycles. The van der Waals surface area contributed by atoms with Gasteiger partial charge in [0, 0.05) is 5.69 Å². The molecule has 1 amide bonds. The van der Waals surface area contributed by atoms with E-state index < -0.39 is 11.9 Å². The maximum absolute atomic E-state index is 13.3. The second kappa shape index (κ2) is 6.05. The SMILES string of the molecule is Cc1cccc(NC(C(N)=O)c2ccc(F)c(Br)c2)c1. The molecule has 2 aromatic carbocycles. The van der Waals surface area contributed by atoms with Gasteiger partial charge in [0.1, 0.15) is 11.9 Å². The summed E-state index contributed by atoms with van der Waals surface area (Å²) >= 11 is 3.11. The van der Waals surface area contributed by atoms with Gasteiger partial charge in [0.25, 0.3) is 0 Å². The van der Waals surface area contributed by atoms with Gasteiger partial charge in [-0.3, -0.25) is 4.79 Å². The molecule has 3 nitrogen and oxygen atoms in total. The van der Waals surface area contributed by atoms with Crippen molar-refractivity contribution in [1.82, 2.24) is 0 Å². The molecule has 0 heterocycles. The van der Waals surface area contributed by atoms with Gasteiger partial charge >= 0.3 is 0 Å². The maximum Gasteiger partial charge on any atom is 0.244 e. The molecule has 5 heteroatoms. The van der Waals surface area contributed by atoms with E-state index in [1.54, 1.807) is 6.07 Å². The molecular formula is C15H14BrFN2O. The third-order valence-corrected chi connectivity index (χ3v) is 3.50. The highest BCUT2D eigenvalue weighted by Crippen LogP contribution is 2.24. The lowest BCUT2D eigenvalue weighted by atomic mass is 10.1. The summed E-state index contributed by atoms with van der Waals surface area (Å²) in [6, 6.07) is 11.3. The van der Waals surface area contributed by atoms with E-state index >= 15 is 0 Å². The van der Waals surface area contributed by atoms with Crippen LogP contribution in [-0.4, -0.2) is 5.91 Å². The van der Waals surface area contributed by atoms with E-state index in [1.165, 1.54) is 12.1 Å². The number of halogens is 2. The van der Waals surface area contributed by atoms with E-state index in [4.69, 9.17) is 5.73 Å². The Hall–Kier alpha value is -1.88. The number of carbonyl (C=O) groups excluding carboxylic acids is 1. The van der Waals surface area contributed by atoms with Crippen LogP contribution in [0.3, 0.4) is 0 Å². The van der Waals surface area contributed by atoms with Gasteiger partial charge in [-0.25, -0.2) is 4.39 Å². The predicted molar refractivity (Wildman–Crippen MR) is 80.8 cm³/mol. The number of hydrogen-bond acceptors (Lipinski definition) is 2. The lowest BCUT2D eigenvalue weighted by Gasteiger charge is -2.18. The molecule has 0 fully saturated rings. The first-order chi connectivity index (χ1) is 9.47.